The lowest BCUT2D eigenvalue weighted by Crippen LogP contribution is -2.26. The van der Waals surface area contributed by atoms with Gasteiger partial charge in [0.2, 0.25) is 0 Å². The fourth-order valence-electron chi connectivity index (χ4n) is 2.95. The highest BCUT2D eigenvalue weighted by Gasteiger charge is 2.18. The van der Waals surface area contributed by atoms with E-state index in [1.165, 1.54) is 12.8 Å². The maximum absolute atomic E-state index is 12.8. The Bertz CT molecular complexity index is 938. The van der Waals surface area contributed by atoms with Gasteiger partial charge in [-0.3, -0.25) is 4.79 Å². The van der Waals surface area contributed by atoms with Crippen LogP contribution in [0.5, 0.6) is 0 Å². The van der Waals surface area contributed by atoms with E-state index in [-0.39, 0.29) is 5.91 Å². The third-order valence-electron chi connectivity index (χ3n) is 4.48. The maximum Gasteiger partial charge on any atom is 0.270 e. The van der Waals surface area contributed by atoms with E-state index < -0.39 is 0 Å². The van der Waals surface area contributed by atoms with Crippen molar-refractivity contribution >= 4 is 29.1 Å². The van der Waals surface area contributed by atoms with E-state index in [1.807, 2.05) is 30.3 Å². The van der Waals surface area contributed by atoms with Crippen LogP contribution in [0, 0.1) is 0 Å². The Morgan fingerprint density at radius 2 is 1.79 bits per heavy atom. The number of nitrogens with zero attached hydrogens (tertiary/aromatic N) is 2. The standard InChI is InChI=1S/C22H23Cl2N3O/c1-2-3-4-8-13-25-22(28)21-15-20(16-9-6-5-7-10-16)26-27(21)17-11-12-18(23)19(24)14-17/h5-7,9-12,14-15H,2-4,8,13H2,1H3,(H,25,28). The normalized spacial score (nSPS) is 10.8. The first-order valence-corrected chi connectivity index (χ1v) is 10.2. The SMILES string of the molecule is CCCCCCNC(=O)c1cc(-c2ccccc2)nn1-c1ccc(Cl)c(Cl)c1. The van der Waals surface area contributed by atoms with Gasteiger partial charge in [-0.2, -0.15) is 5.10 Å². The summed E-state index contributed by atoms with van der Waals surface area (Å²) in [6.07, 6.45) is 4.41. The number of hydrogen-bond acceptors (Lipinski definition) is 2. The molecular weight excluding hydrogens is 393 g/mol. The van der Waals surface area contributed by atoms with Crippen molar-refractivity contribution in [3.05, 3.63) is 70.3 Å². The van der Waals surface area contributed by atoms with Crippen LogP contribution in [0.4, 0.5) is 0 Å². The predicted octanol–water partition coefficient (Wildman–Crippen LogP) is 6.16. The van der Waals surface area contributed by atoms with Gasteiger partial charge >= 0.3 is 0 Å². The summed E-state index contributed by atoms with van der Waals surface area (Å²) < 4.78 is 1.62. The van der Waals surface area contributed by atoms with E-state index in [2.05, 4.69) is 17.3 Å². The number of benzene rings is 2. The third kappa shape index (κ3) is 4.94. The molecule has 0 aliphatic carbocycles. The van der Waals surface area contributed by atoms with Gasteiger partial charge in [0.25, 0.3) is 5.91 Å². The summed E-state index contributed by atoms with van der Waals surface area (Å²) in [4.78, 5) is 12.8. The fraction of sp³-hybridized carbons (Fsp3) is 0.273. The molecule has 0 unspecified atom stereocenters. The van der Waals surface area contributed by atoms with E-state index in [4.69, 9.17) is 23.2 Å². The van der Waals surface area contributed by atoms with E-state index in [9.17, 15) is 4.79 Å². The van der Waals surface area contributed by atoms with Gasteiger partial charge in [0.1, 0.15) is 5.69 Å². The van der Waals surface area contributed by atoms with E-state index in [1.54, 1.807) is 28.9 Å². The van der Waals surface area contributed by atoms with Crippen LogP contribution < -0.4 is 5.32 Å². The van der Waals surface area contributed by atoms with Crippen LogP contribution in [0.1, 0.15) is 43.1 Å². The Morgan fingerprint density at radius 3 is 2.50 bits per heavy atom. The smallest absolute Gasteiger partial charge is 0.270 e. The molecule has 0 spiro atoms. The third-order valence-corrected chi connectivity index (χ3v) is 5.21. The van der Waals surface area contributed by atoms with Crippen molar-refractivity contribution in [3.8, 4) is 16.9 Å². The number of halogens is 2. The van der Waals surface area contributed by atoms with Crippen molar-refractivity contribution < 1.29 is 4.79 Å². The summed E-state index contributed by atoms with van der Waals surface area (Å²) in [6, 6.07) is 16.8. The number of carbonyl (C=O) groups excluding carboxylic acids is 1. The summed E-state index contributed by atoms with van der Waals surface area (Å²) >= 11 is 12.2. The van der Waals surface area contributed by atoms with Crippen LogP contribution in [0.3, 0.4) is 0 Å². The van der Waals surface area contributed by atoms with E-state index >= 15 is 0 Å². The molecule has 0 radical (unpaired) electrons. The zero-order valence-corrected chi connectivity index (χ0v) is 17.3. The van der Waals surface area contributed by atoms with Crippen molar-refractivity contribution in [1.82, 2.24) is 15.1 Å². The summed E-state index contributed by atoms with van der Waals surface area (Å²) in [5.41, 5.74) is 2.82. The number of hydrogen-bond donors (Lipinski definition) is 1. The molecule has 3 aromatic rings. The second-order valence-corrected chi connectivity index (χ2v) is 7.42. The summed E-state index contributed by atoms with van der Waals surface area (Å²) in [6.45, 7) is 2.81. The molecule has 0 aliphatic rings. The van der Waals surface area contributed by atoms with Gasteiger partial charge in [0, 0.05) is 12.1 Å². The van der Waals surface area contributed by atoms with Crippen LogP contribution in [-0.2, 0) is 0 Å². The molecule has 1 heterocycles. The first kappa shape index (κ1) is 20.4. The Morgan fingerprint density at radius 1 is 1.00 bits per heavy atom. The van der Waals surface area contributed by atoms with Crippen LogP contribution in [0.2, 0.25) is 10.0 Å². The van der Waals surface area contributed by atoms with Gasteiger partial charge in [0.15, 0.2) is 0 Å². The molecular formula is C22H23Cl2N3O. The van der Waals surface area contributed by atoms with Gasteiger partial charge in [0.05, 0.1) is 21.4 Å². The average molecular weight is 416 g/mol. The van der Waals surface area contributed by atoms with Crippen molar-refractivity contribution in [1.29, 1.82) is 0 Å². The molecule has 0 fully saturated rings. The lowest BCUT2D eigenvalue weighted by Gasteiger charge is -2.09. The van der Waals surface area contributed by atoms with Crippen molar-refractivity contribution in [2.45, 2.75) is 32.6 Å². The van der Waals surface area contributed by atoms with Crippen LogP contribution in [0.25, 0.3) is 16.9 Å². The first-order valence-electron chi connectivity index (χ1n) is 9.49. The number of rotatable bonds is 8. The van der Waals surface area contributed by atoms with Gasteiger partial charge in [-0.25, -0.2) is 4.68 Å². The van der Waals surface area contributed by atoms with Gasteiger partial charge in [-0.15, -0.1) is 0 Å². The molecule has 146 valence electrons. The summed E-state index contributed by atoms with van der Waals surface area (Å²) in [5.74, 6) is -0.155. The zero-order chi connectivity index (χ0) is 19.9. The molecule has 1 N–H and O–H groups in total. The van der Waals surface area contributed by atoms with Crippen LogP contribution >= 0.6 is 23.2 Å². The summed E-state index contributed by atoms with van der Waals surface area (Å²) in [5, 5.41) is 8.53. The highest BCUT2D eigenvalue weighted by molar-refractivity contribution is 6.42. The zero-order valence-electron chi connectivity index (χ0n) is 15.8. The second kappa shape index (κ2) is 9.76. The van der Waals surface area contributed by atoms with Crippen LogP contribution in [0.15, 0.2) is 54.6 Å². The number of unbranched alkanes of at least 4 members (excludes halogenated alkanes) is 3. The predicted molar refractivity (Wildman–Crippen MR) is 115 cm³/mol. The molecule has 1 aromatic heterocycles. The highest BCUT2D eigenvalue weighted by Crippen LogP contribution is 2.27. The van der Waals surface area contributed by atoms with Crippen molar-refractivity contribution in [3.63, 3.8) is 0 Å². The molecule has 0 aliphatic heterocycles. The Kier molecular flexibility index (Phi) is 7.12. The number of aromatic nitrogens is 2. The van der Waals surface area contributed by atoms with Gasteiger partial charge < -0.3 is 5.32 Å². The molecule has 2 aromatic carbocycles. The topological polar surface area (TPSA) is 46.9 Å². The highest BCUT2D eigenvalue weighted by atomic mass is 35.5. The maximum atomic E-state index is 12.8. The molecule has 6 heteroatoms. The van der Waals surface area contributed by atoms with E-state index in [0.29, 0.717) is 28.0 Å². The minimum Gasteiger partial charge on any atom is -0.351 e. The molecule has 0 saturated heterocycles. The summed E-state index contributed by atoms with van der Waals surface area (Å²) in [7, 11) is 0. The second-order valence-electron chi connectivity index (χ2n) is 6.61. The first-order chi connectivity index (χ1) is 13.6. The monoisotopic (exact) mass is 415 g/mol. The lowest BCUT2D eigenvalue weighted by atomic mass is 10.1. The molecule has 3 rings (SSSR count). The van der Waals surface area contributed by atoms with Gasteiger partial charge in [-0.05, 0) is 30.7 Å². The van der Waals surface area contributed by atoms with E-state index in [0.717, 1.165) is 24.1 Å². The fourth-order valence-corrected chi connectivity index (χ4v) is 3.24. The van der Waals surface area contributed by atoms with Crippen molar-refractivity contribution in [2.75, 3.05) is 6.54 Å². The Labute approximate surface area is 175 Å². The molecule has 28 heavy (non-hydrogen) atoms. The number of amides is 1. The largest absolute Gasteiger partial charge is 0.351 e. The minimum atomic E-state index is -0.155. The molecule has 4 nitrogen and oxygen atoms in total. The molecule has 1 amide bonds. The Hall–Kier alpha value is -2.30. The molecule has 0 atom stereocenters. The number of nitrogens with one attached hydrogen (secondary N) is 1. The molecule has 0 bridgehead atoms. The Balaban J connectivity index is 1.91. The van der Waals surface area contributed by atoms with Crippen molar-refractivity contribution in [2.24, 2.45) is 0 Å². The number of carbonyl (C=O) groups is 1. The van der Waals surface area contributed by atoms with Gasteiger partial charge in [-0.1, -0.05) is 79.7 Å². The lowest BCUT2D eigenvalue weighted by molar-refractivity contribution is 0.0945. The molecule has 0 saturated carbocycles. The van der Waals surface area contributed by atoms with Crippen LogP contribution in [-0.4, -0.2) is 22.2 Å². The minimum absolute atomic E-state index is 0.155. The quantitative estimate of drug-likeness (QED) is 0.448. The average Bonchev–Trinajstić information content (AvgIpc) is 3.16.